The van der Waals surface area contributed by atoms with Crippen molar-refractivity contribution in [2.45, 2.75) is 32.9 Å². The molecule has 1 aliphatic rings. The average Bonchev–Trinajstić information content (AvgIpc) is 3.38. The smallest absolute Gasteiger partial charge is 0.271 e. The molecule has 0 spiro atoms. The van der Waals surface area contributed by atoms with E-state index in [0.717, 1.165) is 33.9 Å². The Morgan fingerprint density at radius 2 is 1.86 bits per heavy atom. The molecule has 5 rings (SSSR count). The van der Waals surface area contributed by atoms with E-state index in [1.165, 1.54) is 6.07 Å². The zero-order valence-electron chi connectivity index (χ0n) is 21.0. The number of hydrogen-bond donors (Lipinski definition) is 1. The molecule has 0 bridgehead atoms. The van der Waals surface area contributed by atoms with E-state index in [2.05, 4.69) is 46.4 Å². The van der Waals surface area contributed by atoms with Crippen molar-refractivity contribution in [2.75, 3.05) is 12.0 Å². The van der Waals surface area contributed by atoms with Crippen LogP contribution in [0.5, 0.6) is 5.75 Å². The number of nitrogens with one attached hydrogen (secondary N) is 1. The summed E-state index contributed by atoms with van der Waals surface area (Å²) in [5.41, 5.74) is 6.51. The van der Waals surface area contributed by atoms with Gasteiger partial charge in [0.25, 0.3) is 5.69 Å². The van der Waals surface area contributed by atoms with E-state index < -0.39 is 4.92 Å². The van der Waals surface area contributed by atoms with E-state index in [4.69, 9.17) is 17.0 Å². The van der Waals surface area contributed by atoms with Gasteiger partial charge in [0.1, 0.15) is 5.75 Å². The molecule has 8 nitrogen and oxygen atoms in total. The number of nitro groups is 1. The van der Waals surface area contributed by atoms with Gasteiger partial charge in [-0.05, 0) is 80.5 Å². The summed E-state index contributed by atoms with van der Waals surface area (Å²) in [5.74, 6) is 0.552. The standard InChI is InChI=1S/C28H27N5O3S/c1-17-8-7-9-20(14-17)32-27(26(30-28(32)37)23-10-5-6-13-29-23)22-15-18(2)31(19(22)3)24-16-21(33(34)35)11-12-25(24)36-4/h5-16,26-27H,1-4H3,(H,30,37). The number of benzene rings is 2. The van der Waals surface area contributed by atoms with Gasteiger partial charge >= 0.3 is 0 Å². The van der Waals surface area contributed by atoms with Crippen molar-refractivity contribution < 1.29 is 9.66 Å². The Bertz CT molecular complexity index is 1500. The van der Waals surface area contributed by atoms with Crippen molar-refractivity contribution in [1.82, 2.24) is 14.9 Å². The molecule has 37 heavy (non-hydrogen) atoms. The van der Waals surface area contributed by atoms with Gasteiger partial charge in [0.05, 0.1) is 35.5 Å². The minimum absolute atomic E-state index is 0.00121. The molecule has 2 aromatic heterocycles. The number of hydrogen-bond acceptors (Lipinski definition) is 5. The Labute approximate surface area is 220 Å². The topological polar surface area (TPSA) is 85.5 Å². The second kappa shape index (κ2) is 9.67. The highest BCUT2D eigenvalue weighted by atomic mass is 32.1. The van der Waals surface area contributed by atoms with Gasteiger partial charge in [0.15, 0.2) is 5.11 Å². The molecule has 1 saturated heterocycles. The molecule has 1 fully saturated rings. The largest absolute Gasteiger partial charge is 0.495 e. The highest BCUT2D eigenvalue weighted by Crippen LogP contribution is 2.44. The molecule has 0 aliphatic carbocycles. The van der Waals surface area contributed by atoms with E-state index >= 15 is 0 Å². The molecule has 0 radical (unpaired) electrons. The first kappa shape index (κ1) is 24.5. The van der Waals surface area contributed by atoms with Crippen molar-refractivity contribution in [3.8, 4) is 11.4 Å². The highest BCUT2D eigenvalue weighted by molar-refractivity contribution is 7.80. The van der Waals surface area contributed by atoms with E-state index in [9.17, 15) is 10.1 Å². The fourth-order valence-electron chi connectivity index (χ4n) is 5.15. The van der Waals surface area contributed by atoms with Crippen LogP contribution >= 0.6 is 12.2 Å². The molecule has 3 heterocycles. The van der Waals surface area contributed by atoms with Gasteiger partial charge in [-0.1, -0.05) is 18.2 Å². The molecule has 2 aromatic carbocycles. The average molecular weight is 514 g/mol. The number of anilines is 1. The van der Waals surface area contributed by atoms with Gasteiger partial charge < -0.3 is 19.5 Å². The Hall–Kier alpha value is -4.24. The number of aromatic nitrogens is 2. The molecule has 9 heteroatoms. The van der Waals surface area contributed by atoms with Gasteiger partial charge in [0.2, 0.25) is 0 Å². The van der Waals surface area contributed by atoms with Crippen LogP contribution in [-0.4, -0.2) is 26.7 Å². The summed E-state index contributed by atoms with van der Waals surface area (Å²) in [7, 11) is 1.57. The van der Waals surface area contributed by atoms with E-state index in [1.807, 2.05) is 42.7 Å². The van der Waals surface area contributed by atoms with Crippen LogP contribution in [0.4, 0.5) is 11.4 Å². The molecule has 1 N–H and O–H groups in total. The zero-order valence-corrected chi connectivity index (χ0v) is 21.8. The fraction of sp³-hybridized carbons (Fsp3) is 0.214. The quantitative estimate of drug-likeness (QED) is 0.195. The van der Waals surface area contributed by atoms with Crippen LogP contribution in [0.1, 0.15) is 40.3 Å². The Morgan fingerprint density at radius 1 is 1.05 bits per heavy atom. The van der Waals surface area contributed by atoms with Crippen LogP contribution < -0.4 is 15.0 Å². The van der Waals surface area contributed by atoms with Crippen LogP contribution in [0.2, 0.25) is 0 Å². The van der Waals surface area contributed by atoms with Crippen LogP contribution in [0.15, 0.2) is 72.9 Å². The normalized spacial score (nSPS) is 17.1. The van der Waals surface area contributed by atoms with Crippen LogP contribution in [0.3, 0.4) is 0 Å². The van der Waals surface area contributed by atoms with E-state index in [0.29, 0.717) is 16.5 Å². The number of nitrogens with zero attached hydrogens (tertiary/aromatic N) is 4. The fourth-order valence-corrected chi connectivity index (χ4v) is 5.50. The summed E-state index contributed by atoms with van der Waals surface area (Å²) in [5, 5.41) is 15.7. The van der Waals surface area contributed by atoms with Crippen molar-refractivity contribution in [3.63, 3.8) is 0 Å². The maximum atomic E-state index is 11.6. The minimum Gasteiger partial charge on any atom is -0.495 e. The third-order valence-electron chi connectivity index (χ3n) is 6.78. The number of non-ortho nitro benzene ring substituents is 1. The molecule has 1 aliphatic heterocycles. The van der Waals surface area contributed by atoms with Gasteiger partial charge in [-0.3, -0.25) is 15.1 Å². The lowest BCUT2D eigenvalue weighted by atomic mass is 9.96. The molecule has 4 aromatic rings. The lowest BCUT2D eigenvalue weighted by Gasteiger charge is -2.28. The third kappa shape index (κ3) is 4.31. The summed E-state index contributed by atoms with van der Waals surface area (Å²) in [6.45, 7) is 6.07. The first-order valence-corrected chi connectivity index (χ1v) is 12.3. The number of aryl methyl sites for hydroxylation is 2. The Kier molecular flexibility index (Phi) is 6.39. The third-order valence-corrected chi connectivity index (χ3v) is 7.10. The van der Waals surface area contributed by atoms with Crippen LogP contribution in [0, 0.1) is 30.9 Å². The number of nitro benzene ring substituents is 1. The molecular formula is C28H27N5O3S. The van der Waals surface area contributed by atoms with Crippen molar-refractivity contribution in [1.29, 1.82) is 0 Å². The molecule has 188 valence electrons. The highest BCUT2D eigenvalue weighted by Gasteiger charge is 2.42. The number of methoxy groups -OCH3 is 1. The number of ether oxygens (including phenoxy) is 1. The summed E-state index contributed by atoms with van der Waals surface area (Å²) >= 11 is 5.87. The molecule has 2 atom stereocenters. The number of pyridine rings is 1. The van der Waals surface area contributed by atoms with Crippen LogP contribution in [-0.2, 0) is 0 Å². The van der Waals surface area contributed by atoms with Gasteiger partial charge in [0, 0.05) is 35.4 Å². The number of rotatable bonds is 6. The first-order chi connectivity index (χ1) is 17.8. The lowest BCUT2D eigenvalue weighted by Crippen LogP contribution is -2.29. The second-order valence-electron chi connectivity index (χ2n) is 9.11. The Balaban J connectivity index is 1.71. The van der Waals surface area contributed by atoms with Crippen molar-refractivity contribution >= 4 is 28.7 Å². The molecular weight excluding hydrogens is 486 g/mol. The maximum Gasteiger partial charge on any atom is 0.271 e. The first-order valence-electron chi connectivity index (χ1n) is 11.9. The summed E-state index contributed by atoms with van der Waals surface area (Å²) in [6, 6.07) is 20.5. The van der Waals surface area contributed by atoms with Gasteiger partial charge in [-0.2, -0.15) is 0 Å². The van der Waals surface area contributed by atoms with Gasteiger partial charge in [-0.15, -0.1) is 0 Å². The monoisotopic (exact) mass is 513 g/mol. The summed E-state index contributed by atoms with van der Waals surface area (Å²) in [6.07, 6.45) is 1.78. The lowest BCUT2D eigenvalue weighted by molar-refractivity contribution is -0.384. The zero-order chi connectivity index (χ0) is 26.3. The number of thiocarbonyl (C=S) groups is 1. The Morgan fingerprint density at radius 3 is 2.54 bits per heavy atom. The van der Waals surface area contributed by atoms with Crippen molar-refractivity contribution in [2.24, 2.45) is 0 Å². The maximum absolute atomic E-state index is 11.6. The molecule has 0 amide bonds. The van der Waals surface area contributed by atoms with Crippen molar-refractivity contribution in [3.05, 3.63) is 111 Å². The molecule has 0 saturated carbocycles. The van der Waals surface area contributed by atoms with Gasteiger partial charge in [-0.25, -0.2) is 0 Å². The molecule has 2 unspecified atom stereocenters. The van der Waals surface area contributed by atoms with E-state index in [-0.39, 0.29) is 17.8 Å². The predicted molar refractivity (Wildman–Crippen MR) is 148 cm³/mol. The SMILES string of the molecule is COc1ccc([N+](=O)[O-])cc1-n1c(C)cc(C2C(c3ccccn3)NC(=S)N2c2cccc(C)c2)c1C. The summed E-state index contributed by atoms with van der Waals surface area (Å²) < 4.78 is 7.60. The second-order valence-corrected chi connectivity index (χ2v) is 9.50. The predicted octanol–water partition coefficient (Wildman–Crippen LogP) is 5.89. The summed E-state index contributed by atoms with van der Waals surface area (Å²) in [4.78, 5) is 17.9. The van der Waals surface area contributed by atoms with E-state index in [1.54, 1.807) is 25.4 Å². The van der Waals surface area contributed by atoms with Crippen LogP contribution in [0.25, 0.3) is 5.69 Å². The minimum atomic E-state index is -0.395.